The summed E-state index contributed by atoms with van der Waals surface area (Å²) in [6.45, 7) is 9.69. The first-order chi connectivity index (χ1) is 21.7. The van der Waals surface area contributed by atoms with Crippen LogP contribution in [0.25, 0.3) is 0 Å². The molecule has 0 aliphatic heterocycles. The molecule has 0 bridgehead atoms. The molecule has 0 aliphatic rings. The Morgan fingerprint density at radius 2 is 0.830 bits per heavy atom. The summed E-state index contributed by atoms with van der Waals surface area (Å²) in [6, 6.07) is 26.4. The normalized spacial score (nSPS) is 10.8. The Morgan fingerprint density at radius 3 is 1.13 bits per heavy atom. The zero-order valence-electron chi connectivity index (χ0n) is 27.0. The van der Waals surface area contributed by atoms with Gasteiger partial charge in [0.25, 0.3) is 0 Å². The average molecular weight is 754 g/mol. The summed E-state index contributed by atoms with van der Waals surface area (Å²) < 4.78 is 0. The molecule has 0 aliphatic carbocycles. The molecule has 0 unspecified atom stereocenters. The van der Waals surface area contributed by atoms with Gasteiger partial charge in [0.2, 0.25) is 0 Å². The van der Waals surface area contributed by atoms with Crippen molar-refractivity contribution in [3.05, 3.63) is 127 Å². The number of benzene rings is 4. The number of hydrogen-bond donors (Lipinski definition) is 0. The van der Waals surface area contributed by atoms with E-state index < -0.39 is 12.2 Å². The molecule has 11 heteroatoms. The van der Waals surface area contributed by atoms with E-state index in [-0.39, 0.29) is 43.3 Å². The minimum absolute atomic E-state index is 0. The third kappa shape index (κ3) is 17.4. The Kier molecular flexibility index (Phi) is 20.9. The van der Waals surface area contributed by atoms with E-state index in [1.807, 2.05) is 36.4 Å². The average Bonchev–Trinajstić information content (AvgIpc) is 2.97. The molecule has 47 heavy (non-hydrogen) atoms. The minimum Gasteiger partial charge on any atom is -0.871 e. The molecule has 0 amide bonds. The second-order valence-electron chi connectivity index (χ2n) is 11.2. The monoisotopic (exact) mass is 752 g/mol. The van der Waals surface area contributed by atoms with Gasteiger partial charge in [-0.15, -0.1) is 12.2 Å². The third-order valence-corrected chi connectivity index (χ3v) is 7.19. The van der Waals surface area contributed by atoms with Crippen LogP contribution >= 0.6 is 46.4 Å². The van der Waals surface area contributed by atoms with E-state index in [2.05, 4.69) is 34.1 Å². The zero-order valence-corrected chi connectivity index (χ0v) is 31.6. The standard InChI is InChI=1S/C30H28Cl4N2O2.2C3H7O.Ti/c31-25-13-23(29(37)27(33)15-25)19-35(17-21-7-3-1-4-8-21)11-12-36(18-22-9-5-2-6-10-22)20-24-14-26(32)16-28(34)30(24)38;2*1-3(2)4;/h1-10,13-16,37-38H,11-12,17-20H2;2*3H,1-2H3;/q;2*-1;+4/p-2. The van der Waals surface area contributed by atoms with Crippen molar-refractivity contribution in [1.29, 1.82) is 0 Å². The molecular weight excluding hydrogens is 714 g/mol. The topological polar surface area (TPSA) is 98.7 Å². The van der Waals surface area contributed by atoms with Crippen LogP contribution in [0.3, 0.4) is 0 Å². The summed E-state index contributed by atoms with van der Waals surface area (Å²) in [5, 5.41) is 45.6. The van der Waals surface area contributed by atoms with Crippen molar-refractivity contribution < 1.29 is 42.1 Å². The van der Waals surface area contributed by atoms with Crippen molar-refractivity contribution >= 4 is 46.4 Å². The van der Waals surface area contributed by atoms with Crippen molar-refractivity contribution in [2.24, 2.45) is 0 Å². The van der Waals surface area contributed by atoms with E-state index in [1.165, 1.54) is 12.1 Å². The fourth-order valence-electron chi connectivity index (χ4n) is 4.34. The van der Waals surface area contributed by atoms with Gasteiger partial charge < -0.3 is 20.4 Å². The number of nitrogens with zero attached hydrogens (tertiary/aromatic N) is 2. The van der Waals surface area contributed by atoms with Crippen LogP contribution in [-0.4, -0.2) is 35.1 Å². The van der Waals surface area contributed by atoms with E-state index in [4.69, 9.17) is 46.4 Å². The Labute approximate surface area is 314 Å². The van der Waals surface area contributed by atoms with Crippen LogP contribution in [-0.2, 0) is 47.9 Å². The molecule has 0 heterocycles. The van der Waals surface area contributed by atoms with Gasteiger partial charge in [0.15, 0.2) is 0 Å². The third-order valence-electron chi connectivity index (χ3n) is 6.19. The van der Waals surface area contributed by atoms with Crippen molar-refractivity contribution in [2.45, 2.75) is 66.1 Å². The van der Waals surface area contributed by atoms with Crippen LogP contribution in [0.1, 0.15) is 49.9 Å². The SMILES string of the molecule is CC(C)[O-].CC(C)[O-].[O-]c1c(Cl)cc(Cl)cc1CN(CCN(Cc1ccccc1)Cc1cc(Cl)cc(Cl)c1[O-])Cc1ccccc1.[Ti+4]. The predicted octanol–water partition coefficient (Wildman–Crippen LogP) is 6.66. The zero-order chi connectivity index (χ0) is 34.2. The maximum Gasteiger partial charge on any atom is 4.00 e. The van der Waals surface area contributed by atoms with Crippen LogP contribution < -0.4 is 20.4 Å². The molecule has 4 rings (SSSR count). The van der Waals surface area contributed by atoms with Crippen molar-refractivity contribution in [3.63, 3.8) is 0 Å². The molecule has 0 atom stereocenters. The van der Waals surface area contributed by atoms with Crippen LogP contribution in [0.15, 0.2) is 84.9 Å². The Balaban J connectivity index is 0.00000110. The Bertz CT molecular complexity index is 1350. The second kappa shape index (κ2) is 22.8. The Morgan fingerprint density at radius 1 is 0.532 bits per heavy atom. The fourth-order valence-corrected chi connectivity index (χ4v) is 5.41. The van der Waals surface area contributed by atoms with Gasteiger partial charge in [-0.05, 0) is 46.5 Å². The summed E-state index contributed by atoms with van der Waals surface area (Å²) in [6.07, 6.45) is -0.833. The Hall–Kier alpha value is -1.81. The van der Waals surface area contributed by atoms with Gasteiger partial charge in [-0.1, -0.05) is 146 Å². The molecule has 250 valence electrons. The summed E-state index contributed by atoms with van der Waals surface area (Å²) in [7, 11) is 0. The second-order valence-corrected chi connectivity index (χ2v) is 12.9. The first-order valence-electron chi connectivity index (χ1n) is 14.9. The van der Waals surface area contributed by atoms with E-state index >= 15 is 0 Å². The molecule has 0 radical (unpaired) electrons. The summed E-state index contributed by atoms with van der Waals surface area (Å²) in [5.41, 5.74) is 3.31. The minimum atomic E-state index is -0.417. The van der Waals surface area contributed by atoms with E-state index in [1.54, 1.807) is 39.8 Å². The molecule has 4 aromatic carbocycles. The van der Waals surface area contributed by atoms with Crippen LogP contribution in [0.5, 0.6) is 11.5 Å². The summed E-state index contributed by atoms with van der Waals surface area (Å²) in [4.78, 5) is 4.36. The van der Waals surface area contributed by atoms with Gasteiger partial charge in [-0.25, -0.2) is 0 Å². The number of halogens is 4. The molecule has 0 N–H and O–H groups in total. The van der Waals surface area contributed by atoms with Crippen LogP contribution in [0.2, 0.25) is 20.1 Å². The molecule has 4 aromatic rings. The van der Waals surface area contributed by atoms with E-state index in [9.17, 15) is 20.4 Å². The van der Waals surface area contributed by atoms with Crippen LogP contribution in [0.4, 0.5) is 0 Å². The van der Waals surface area contributed by atoms with Gasteiger partial charge >= 0.3 is 21.7 Å². The van der Waals surface area contributed by atoms with Gasteiger partial charge in [-0.2, -0.15) is 0 Å². The van der Waals surface area contributed by atoms with Gasteiger partial charge in [0, 0.05) is 59.4 Å². The smallest absolute Gasteiger partial charge is 0.871 e. The van der Waals surface area contributed by atoms with Gasteiger partial charge in [-0.3, -0.25) is 9.80 Å². The summed E-state index contributed by atoms with van der Waals surface area (Å²) in [5.74, 6) is -0.445. The first kappa shape index (κ1) is 43.2. The maximum absolute atomic E-state index is 12.7. The largest absolute Gasteiger partial charge is 4.00 e. The maximum atomic E-state index is 12.7. The molecule has 6 nitrogen and oxygen atoms in total. The van der Waals surface area contributed by atoms with Crippen molar-refractivity contribution in [1.82, 2.24) is 9.80 Å². The molecule has 0 spiro atoms. The molecule has 0 saturated heterocycles. The quantitative estimate of drug-likeness (QED) is 0.159. The fraction of sp³-hybridized carbons (Fsp3) is 0.333. The summed E-state index contributed by atoms with van der Waals surface area (Å²) >= 11 is 24.7. The van der Waals surface area contributed by atoms with Gasteiger partial charge in [0.1, 0.15) is 0 Å². The predicted molar refractivity (Wildman–Crippen MR) is 183 cm³/mol. The van der Waals surface area contributed by atoms with Gasteiger partial charge in [0.05, 0.1) is 0 Å². The van der Waals surface area contributed by atoms with E-state index in [0.717, 1.165) is 11.1 Å². The van der Waals surface area contributed by atoms with E-state index in [0.29, 0.717) is 60.4 Å². The number of hydrogen-bond acceptors (Lipinski definition) is 6. The van der Waals surface area contributed by atoms with Crippen molar-refractivity contribution in [2.75, 3.05) is 13.1 Å². The van der Waals surface area contributed by atoms with Crippen molar-refractivity contribution in [3.8, 4) is 11.5 Å². The number of rotatable bonds is 11. The molecular formula is C36H40Cl4N2O4Ti. The molecule has 0 aromatic heterocycles. The molecule has 0 fully saturated rings. The molecule has 0 saturated carbocycles. The van der Waals surface area contributed by atoms with Crippen LogP contribution in [0, 0.1) is 0 Å². The first-order valence-corrected chi connectivity index (χ1v) is 16.4.